The van der Waals surface area contributed by atoms with Crippen molar-refractivity contribution < 1.29 is 9.59 Å². The molecule has 1 aliphatic heterocycles. The lowest BCUT2D eigenvalue weighted by Crippen LogP contribution is -2.48. The van der Waals surface area contributed by atoms with Crippen molar-refractivity contribution in [2.24, 2.45) is 0 Å². The number of carbonyl (C=O) groups excluding carboxylic acids is 2. The van der Waals surface area contributed by atoms with E-state index in [1.165, 1.54) is 11.1 Å². The molecule has 5 nitrogen and oxygen atoms in total. The van der Waals surface area contributed by atoms with E-state index in [1.807, 2.05) is 11.8 Å². The molecule has 1 aliphatic rings. The molecule has 1 fully saturated rings. The zero-order valence-electron chi connectivity index (χ0n) is 14.8. The molecule has 1 atom stereocenters. The van der Waals surface area contributed by atoms with Gasteiger partial charge < -0.3 is 15.5 Å². The number of nitrogens with one attached hydrogen (secondary N) is 2. The van der Waals surface area contributed by atoms with Crippen LogP contribution in [0.4, 0.5) is 0 Å². The fraction of sp³-hybridized carbons (Fsp3) is 0.579. The first-order valence-corrected chi connectivity index (χ1v) is 9.01. The lowest BCUT2D eigenvalue weighted by atomic mass is 10.00. The summed E-state index contributed by atoms with van der Waals surface area (Å²) in [7, 11) is 0. The first kappa shape index (κ1) is 18.5. The molecular formula is C19H29N3O2. The van der Waals surface area contributed by atoms with Crippen molar-refractivity contribution in [2.45, 2.75) is 45.6 Å². The molecule has 1 saturated heterocycles. The van der Waals surface area contributed by atoms with Gasteiger partial charge in [-0.15, -0.1) is 0 Å². The smallest absolute Gasteiger partial charge is 0.223 e. The predicted octanol–water partition coefficient (Wildman–Crippen LogP) is 2.03. The highest BCUT2D eigenvalue weighted by molar-refractivity contribution is 5.79. The van der Waals surface area contributed by atoms with Crippen molar-refractivity contribution in [3.63, 3.8) is 0 Å². The average Bonchev–Trinajstić information content (AvgIpc) is 2.62. The second kappa shape index (κ2) is 9.42. The lowest BCUT2D eigenvalue weighted by Gasteiger charge is -2.36. The maximum atomic E-state index is 12.6. The van der Waals surface area contributed by atoms with Gasteiger partial charge in [-0.05, 0) is 30.9 Å². The summed E-state index contributed by atoms with van der Waals surface area (Å²) in [6.45, 7) is 7.01. The molecule has 0 saturated carbocycles. The summed E-state index contributed by atoms with van der Waals surface area (Å²) in [4.78, 5) is 26.1. The number of rotatable bonds is 7. The van der Waals surface area contributed by atoms with Crippen LogP contribution in [0.3, 0.4) is 0 Å². The minimum Gasteiger partial charge on any atom is -0.356 e. The summed E-state index contributed by atoms with van der Waals surface area (Å²) < 4.78 is 0. The number of piperazine rings is 1. The van der Waals surface area contributed by atoms with Crippen LogP contribution < -0.4 is 10.6 Å². The standard InChI is InChI=1S/C19H29N3O2/c1-3-15-8-10-16(11-9-15)17-14-20-12-13-22(17)19(24)7-5-6-18(23)21-4-2/h8-11,17,20H,3-7,12-14H2,1-2H3,(H,21,23). The molecule has 132 valence electrons. The second-order valence-electron chi connectivity index (χ2n) is 6.21. The number of aryl methyl sites for hydroxylation is 1. The molecule has 1 heterocycles. The van der Waals surface area contributed by atoms with Crippen molar-refractivity contribution in [1.82, 2.24) is 15.5 Å². The first-order chi connectivity index (χ1) is 11.7. The van der Waals surface area contributed by atoms with Crippen molar-refractivity contribution in [1.29, 1.82) is 0 Å². The van der Waals surface area contributed by atoms with Gasteiger partial charge in [0.05, 0.1) is 6.04 Å². The fourth-order valence-corrected chi connectivity index (χ4v) is 3.11. The van der Waals surface area contributed by atoms with Crippen molar-refractivity contribution in [2.75, 3.05) is 26.2 Å². The molecule has 1 unspecified atom stereocenters. The largest absolute Gasteiger partial charge is 0.356 e. The Labute approximate surface area is 144 Å². The van der Waals surface area contributed by atoms with Gasteiger partial charge in [0.15, 0.2) is 0 Å². The third kappa shape index (κ3) is 5.06. The van der Waals surface area contributed by atoms with Crippen LogP contribution in [-0.4, -0.2) is 42.9 Å². The minimum atomic E-state index is 0.0253. The summed E-state index contributed by atoms with van der Waals surface area (Å²) >= 11 is 0. The first-order valence-electron chi connectivity index (χ1n) is 9.01. The molecule has 1 aromatic rings. The van der Waals surface area contributed by atoms with Crippen LogP contribution in [0.1, 0.15) is 50.3 Å². The normalized spacial score (nSPS) is 17.6. The zero-order chi connectivity index (χ0) is 17.4. The SMILES string of the molecule is CCNC(=O)CCCC(=O)N1CCNCC1c1ccc(CC)cc1. The van der Waals surface area contributed by atoms with Gasteiger partial charge >= 0.3 is 0 Å². The van der Waals surface area contributed by atoms with Gasteiger partial charge in [0, 0.05) is 39.0 Å². The molecular weight excluding hydrogens is 302 g/mol. The molecule has 2 N–H and O–H groups in total. The summed E-state index contributed by atoms with van der Waals surface area (Å²) in [6.07, 6.45) is 2.48. The highest BCUT2D eigenvalue weighted by Gasteiger charge is 2.27. The molecule has 0 radical (unpaired) electrons. The molecule has 0 bridgehead atoms. The van der Waals surface area contributed by atoms with Gasteiger partial charge in [-0.2, -0.15) is 0 Å². The van der Waals surface area contributed by atoms with Gasteiger partial charge in [0.2, 0.25) is 11.8 Å². The Morgan fingerprint density at radius 3 is 2.62 bits per heavy atom. The van der Waals surface area contributed by atoms with Gasteiger partial charge in [-0.1, -0.05) is 31.2 Å². The molecule has 2 rings (SSSR count). The zero-order valence-corrected chi connectivity index (χ0v) is 14.8. The topological polar surface area (TPSA) is 61.4 Å². The van der Waals surface area contributed by atoms with E-state index in [1.54, 1.807) is 0 Å². The van der Waals surface area contributed by atoms with E-state index in [9.17, 15) is 9.59 Å². The van der Waals surface area contributed by atoms with E-state index in [0.717, 1.165) is 26.1 Å². The van der Waals surface area contributed by atoms with Crippen LogP contribution in [0.2, 0.25) is 0 Å². The predicted molar refractivity (Wildman–Crippen MR) is 95.7 cm³/mol. The van der Waals surface area contributed by atoms with Crippen LogP contribution in [0.25, 0.3) is 0 Å². The number of hydrogen-bond donors (Lipinski definition) is 2. The lowest BCUT2D eigenvalue weighted by molar-refractivity contribution is -0.134. The maximum absolute atomic E-state index is 12.6. The molecule has 0 spiro atoms. The van der Waals surface area contributed by atoms with Gasteiger partial charge in [0.25, 0.3) is 0 Å². The summed E-state index contributed by atoms with van der Waals surface area (Å²) in [5.41, 5.74) is 2.49. The number of nitrogens with zero attached hydrogens (tertiary/aromatic N) is 1. The Morgan fingerprint density at radius 2 is 1.96 bits per heavy atom. The molecule has 5 heteroatoms. The highest BCUT2D eigenvalue weighted by Crippen LogP contribution is 2.24. The van der Waals surface area contributed by atoms with Gasteiger partial charge in [-0.25, -0.2) is 0 Å². The average molecular weight is 331 g/mol. The summed E-state index contributed by atoms with van der Waals surface area (Å²) in [5.74, 6) is 0.169. The Hall–Kier alpha value is -1.88. The quantitative estimate of drug-likeness (QED) is 0.804. The Bertz CT molecular complexity index is 542. The monoisotopic (exact) mass is 331 g/mol. The van der Waals surface area contributed by atoms with Gasteiger partial charge in [-0.3, -0.25) is 9.59 Å². The highest BCUT2D eigenvalue weighted by atomic mass is 16.2. The van der Waals surface area contributed by atoms with E-state index >= 15 is 0 Å². The Balaban J connectivity index is 1.94. The van der Waals surface area contributed by atoms with Crippen molar-refractivity contribution >= 4 is 11.8 Å². The summed E-state index contributed by atoms with van der Waals surface area (Å²) in [5, 5.41) is 6.15. The van der Waals surface area contributed by atoms with Crippen molar-refractivity contribution in [3.8, 4) is 0 Å². The maximum Gasteiger partial charge on any atom is 0.223 e. The van der Waals surface area contributed by atoms with Crippen LogP contribution in [0, 0.1) is 0 Å². The van der Waals surface area contributed by atoms with Crippen LogP contribution in [-0.2, 0) is 16.0 Å². The number of amides is 2. The van der Waals surface area contributed by atoms with E-state index in [4.69, 9.17) is 0 Å². The number of hydrogen-bond acceptors (Lipinski definition) is 3. The molecule has 0 aliphatic carbocycles. The van der Waals surface area contributed by atoms with E-state index < -0.39 is 0 Å². The number of benzene rings is 1. The third-order valence-electron chi connectivity index (χ3n) is 4.50. The number of carbonyl (C=O) groups is 2. The Kier molecular flexibility index (Phi) is 7.25. The second-order valence-corrected chi connectivity index (χ2v) is 6.21. The van der Waals surface area contributed by atoms with E-state index in [2.05, 4.69) is 41.8 Å². The van der Waals surface area contributed by atoms with Gasteiger partial charge in [0.1, 0.15) is 0 Å². The van der Waals surface area contributed by atoms with E-state index in [-0.39, 0.29) is 17.9 Å². The van der Waals surface area contributed by atoms with Crippen LogP contribution in [0.5, 0.6) is 0 Å². The van der Waals surface area contributed by atoms with Crippen molar-refractivity contribution in [3.05, 3.63) is 35.4 Å². The molecule has 2 amide bonds. The molecule has 24 heavy (non-hydrogen) atoms. The summed E-state index contributed by atoms with van der Waals surface area (Å²) in [6, 6.07) is 8.63. The van der Waals surface area contributed by atoms with Crippen LogP contribution >= 0.6 is 0 Å². The third-order valence-corrected chi connectivity index (χ3v) is 4.50. The minimum absolute atomic E-state index is 0.0253. The van der Waals surface area contributed by atoms with E-state index in [0.29, 0.717) is 25.8 Å². The van der Waals surface area contributed by atoms with Crippen LogP contribution in [0.15, 0.2) is 24.3 Å². The molecule has 1 aromatic carbocycles. The Morgan fingerprint density at radius 1 is 1.21 bits per heavy atom. The fourth-order valence-electron chi connectivity index (χ4n) is 3.11. The molecule has 0 aromatic heterocycles.